The van der Waals surface area contributed by atoms with Crippen LogP contribution in [0.15, 0.2) is 12.1 Å². The van der Waals surface area contributed by atoms with Crippen LogP contribution in [0.5, 0.6) is 5.75 Å². The molecule has 1 saturated heterocycles. The molecule has 1 amide bonds. The number of aromatic nitrogens is 2. The van der Waals surface area contributed by atoms with E-state index in [0.29, 0.717) is 42.6 Å². The second-order valence-corrected chi connectivity index (χ2v) is 8.15. The molecule has 1 aliphatic rings. The molecule has 0 unspecified atom stereocenters. The molecule has 7 nitrogen and oxygen atoms in total. The summed E-state index contributed by atoms with van der Waals surface area (Å²) in [7, 11) is 1.32. The number of rotatable bonds is 5. The molecule has 2 heterocycles. The lowest BCUT2D eigenvalue weighted by atomic mass is 10.1. The lowest BCUT2D eigenvalue weighted by Crippen LogP contribution is -2.50. The zero-order valence-electron chi connectivity index (χ0n) is 17.4. The van der Waals surface area contributed by atoms with E-state index >= 15 is 0 Å². The van der Waals surface area contributed by atoms with Gasteiger partial charge >= 0.3 is 0 Å². The molecule has 1 fully saturated rings. The molecule has 30 heavy (non-hydrogen) atoms. The van der Waals surface area contributed by atoms with Gasteiger partial charge in [-0.25, -0.2) is 8.78 Å². The van der Waals surface area contributed by atoms with Crippen LogP contribution in [0.2, 0.25) is 5.02 Å². The fourth-order valence-electron chi connectivity index (χ4n) is 3.41. The van der Waals surface area contributed by atoms with Gasteiger partial charge in [-0.1, -0.05) is 11.6 Å². The number of halogens is 3. The largest absolute Gasteiger partial charge is 0.494 e. The molecule has 0 spiro atoms. The van der Waals surface area contributed by atoms with Gasteiger partial charge in [-0.2, -0.15) is 5.10 Å². The molecule has 1 aliphatic heterocycles. The Kier molecular flexibility index (Phi) is 6.24. The van der Waals surface area contributed by atoms with Crippen molar-refractivity contribution in [3.63, 3.8) is 0 Å². The Morgan fingerprint density at radius 3 is 2.40 bits per heavy atom. The number of hydrogen-bond acceptors (Lipinski definition) is 5. The quantitative estimate of drug-likeness (QED) is 0.771. The number of ether oxygens (including phenoxy) is 1. The summed E-state index contributed by atoms with van der Waals surface area (Å²) in [4.78, 5) is 16.2. The molecule has 10 heteroatoms. The molecule has 0 aliphatic carbocycles. The monoisotopic (exact) mass is 442 g/mol. The number of aliphatic hydroxyl groups is 1. The Hall–Kier alpha value is -2.39. The van der Waals surface area contributed by atoms with Gasteiger partial charge in [0.15, 0.2) is 11.6 Å². The van der Waals surface area contributed by atoms with E-state index in [0.717, 1.165) is 6.07 Å². The predicted octanol–water partition coefficient (Wildman–Crippen LogP) is 2.71. The minimum Gasteiger partial charge on any atom is -0.494 e. The molecule has 164 valence electrons. The van der Waals surface area contributed by atoms with Gasteiger partial charge in [-0.05, 0) is 20.8 Å². The first-order valence-corrected chi connectivity index (χ1v) is 9.92. The normalized spacial score (nSPS) is 14.9. The van der Waals surface area contributed by atoms with Crippen LogP contribution >= 0.6 is 11.6 Å². The summed E-state index contributed by atoms with van der Waals surface area (Å²) in [5.41, 5.74) is -0.0617. The number of nitrogens with zero attached hydrogens (tertiary/aromatic N) is 4. The van der Waals surface area contributed by atoms with Gasteiger partial charge in [0.05, 0.1) is 23.5 Å². The maximum Gasteiger partial charge on any atom is 0.244 e. The van der Waals surface area contributed by atoms with E-state index in [-0.39, 0.29) is 23.9 Å². The molecule has 1 aromatic carbocycles. The number of methoxy groups -OCH3 is 1. The van der Waals surface area contributed by atoms with Gasteiger partial charge in [-0.3, -0.25) is 9.48 Å². The average molecular weight is 443 g/mol. The smallest absolute Gasteiger partial charge is 0.244 e. The van der Waals surface area contributed by atoms with E-state index in [1.807, 2.05) is 0 Å². The first-order valence-electron chi connectivity index (χ1n) is 9.54. The van der Waals surface area contributed by atoms with E-state index in [9.17, 15) is 18.7 Å². The van der Waals surface area contributed by atoms with Crippen molar-refractivity contribution in [1.29, 1.82) is 0 Å². The van der Waals surface area contributed by atoms with Gasteiger partial charge < -0.3 is 19.6 Å². The van der Waals surface area contributed by atoms with Crippen LogP contribution in [0.4, 0.5) is 14.5 Å². The fourth-order valence-corrected chi connectivity index (χ4v) is 3.78. The molecule has 0 bridgehead atoms. The highest BCUT2D eigenvalue weighted by Gasteiger charge is 2.28. The van der Waals surface area contributed by atoms with Gasteiger partial charge in [0.25, 0.3) is 0 Å². The Labute approximate surface area is 178 Å². The van der Waals surface area contributed by atoms with Crippen molar-refractivity contribution in [2.24, 2.45) is 0 Å². The highest BCUT2D eigenvalue weighted by Crippen LogP contribution is 2.30. The molecule has 0 atom stereocenters. The van der Waals surface area contributed by atoms with Crippen molar-refractivity contribution in [3.8, 4) is 5.75 Å². The lowest BCUT2D eigenvalue weighted by Gasteiger charge is -2.36. The van der Waals surface area contributed by atoms with Crippen LogP contribution in [0, 0.1) is 18.6 Å². The third-order valence-electron chi connectivity index (χ3n) is 5.19. The number of benzene rings is 1. The molecular formula is C20H25ClF2N4O3. The molecular weight excluding hydrogens is 418 g/mol. The summed E-state index contributed by atoms with van der Waals surface area (Å²) < 4.78 is 34.3. The Morgan fingerprint density at radius 1 is 1.23 bits per heavy atom. The van der Waals surface area contributed by atoms with E-state index in [1.54, 1.807) is 30.6 Å². The average Bonchev–Trinajstić information content (AvgIpc) is 2.97. The van der Waals surface area contributed by atoms with Crippen molar-refractivity contribution < 1.29 is 23.4 Å². The van der Waals surface area contributed by atoms with Crippen LogP contribution in [-0.4, -0.2) is 59.0 Å². The van der Waals surface area contributed by atoms with E-state index < -0.39 is 17.2 Å². The maximum atomic E-state index is 14.2. The van der Waals surface area contributed by atoms with Crippen LogP contribution in [0.3, 0.4) is 0 Å². The summed E-state index contributed by atoms with van der Waals surface area (Å²) in [5, 5.41) is 14.8. The molecule has 1 aromatic heterocycles. The second-order valence-electron chi connectivity index (χ2n) is 7.77. The third-order valence-corrected chi connectivity index (χ3v) is 5.64. The van der Waals surface area contributed by atoms with Crippen molar-refractivity contribution >= 4 is 23.2 Å². The zero-order valence-corrected chi connectivity index (χ0v) is 18.1. The van der Waals surface area contributed by atoms with Crippen molar-refractivity contribution in [2.75, 3.05) is 38.2 Å². The predicted molar refractivity (Wildman–Crippen MR) is 109 cm³/mol. The highest BCUT2D eigenvalue weighted by molar-refractivity contribution is 6.32. The van der Waals surface area contributed by atoms with Crippen molar-refractivity contribution in [3.05, 3.63) is 40.2 Å². The van der Waals surface area contributed by atoms with E-state index in [1.165, 1.54) is 17.9 Å². The van der Waals surface area contributed by atoms with Gasteiger partial charge in [0, 0.05) is 38.3 Å². The minimum absolute atomic E-state index is 0.0135. The van der Waals surface area contributed by atoms with Crippen LogP contribution in [-0.2, 0) is 16.9 Å². The summed E-state index contributed by atoms with van der Waals surface area (Å²) in [6.07, 6.45) is 0. The molecule has 1 N–H and O–H groups in total. The second kappa shape index (κ2) is 8.39. The molecule has 0 saturated carbocycles. The summed E-state index contributed by atoms with van der Waals surface area (Å²) in [6, 6.07) is 2.13. The SMILES string of the molecule is COc1cc(N2CCN(C(=O)Cn3nc(C(C)(C)O)c(Cl)c3C)CC2)c(F)cc1F. The lowest BCUT2D eigenvalue weighted by molar-refractivity contribution is -0.132. The van der Waals surface area contributed by atoms with Crippen molar-refractivity contribution in [1.82, 2.24) is 14.7 Å². The summed E-state index contributed by atoms with van der Waals surface area (Å²) in [5.74, 6) is -1.62. The number of carbonyl (C=O) groups excluding carboxylic acids is 1. The number of amides is 1. The summed E-state index contributed by atoms with van der Waals surface area (Å²) in [6.45, 7) is 6.43. The topological polar surface area (TPSA) is 70.8 Å². The van der Waals surface area contributed by atoms with Gasteiger partial charge in [-0.15, -0.1) is 0 Å². The molecule has 3 rings (SSSR count). The Morgan fingerprint density at radius 2 is 1.87 bits per heavy atom. The number of carbonyl (C=O) groups is 1. The molecule has 0 radical (unpaired) electrons. The van der Waals surface area contributed by atoms with E-state index in [4.69, 9.17) is 16.3 Å². The number of piperazine rings is 1. The number of hydrogen-bond donors (Lipinski definition) is 1. The first kappa shape index (κ1) is 22.3. The minimum atomic E-state index is -1.22. The highest BCUT2D eigenvalue weighted by atomic mass is 35.5. The third kappa shape index (κ3) is 4.37. The van der Waals surface area contributed by atoms with Gasteiger partial charge in [0.2, 0.25) is 5.91 Å². The standard InChI is InChI=1S/C20H25ClF2N4O3/c1-12-18(21)19(20(2,3)29)24-27(12)11-17(28)26-7-5-25(6-8-26)15-10-16(30-4)14(23)9-13(15)22/h9-10,29H,5-8,11H2,1-4H3. The zero-order chi connectivity index (χ0) is 22.2. The Balaban J connectivity index is 1.67. The van der Waals surface area contributed by atoms with Crippen LogP contribution in [0.25, 0.3) is 0 Å². The van der Waals surface area contributed by atoms with Crippen LogP contribution in [0.1, 0.15) is 25.2 Å². The van der Waals surface area contributed by atoms with E-state index in [2.05, 4.69) is 5.10 Å². The summed E-state index contributed by atoms with van der Waals surface area (Å²) >= 11 is 6.26. The number of anilines is 1. The Bertz CT molecular complexity index is 951. The molecule has 2 aromatic rings. The van der Waals surface area contributed by atoms with Crippen LogP contribution < -0.4 is 9.64 Å². The van der Waals surface area contributed by atoms with Gasteiger partial charge in [0.1, 0.15) is 23.7 Å². The first-order chi connectivity index (χ1) is 14.0. The van der Waals surface area contributed by atoms with Crippen molar-refractivity contribution in [2.45, 2.75) is 32.9 Å². The fraction of sp³-hybridized carbons (Fsp3) is 0.500. The maximum absolute atomic E-state index is 14.2.